The van der Waals surface area contributed by atoms with Gasteiger partial charge in [-0.3, -0.25) is 9.36 Å². The highest BCUT2D eigenvalue weighted by Crippen LogP contribution is 2.25. The number of nitrogens with zero attached hydrogens (tertiary/aromatic N) is 4. The number of likely N-dealkylation sites (tertiary alicyclic amines) is 1. The van der Waals surface area contributed by atoms with Crippen molar-refractivity contribution < 1.29 is 19.0 Å². The molecule has 10 heteroatoms. The highest BCUT2D eigenvalue weighted by molar-refractivity contribution is 5.68. The van der Waals surface area contributed by atoms with Gasteiger partial charge >= 0.3 is 6.09 Å². The minimum absolute atomic E-state index is 0.206. The molecule has 0 aromatic carbocycles. The quantitative estimate of drug-likeness (QED) is 0.689. The molecule has 32 heavy (non-hydrogen) atoms. The number of hydrogen-bond donors (Lipinski definition) is 1. The van der Waals surface area contributed by atoms with Crippen LogP contribution in [-0.4, -0.2) is 71.6 Å². The summed E-state index contributed by atoms with van der Waals surface area (Å²) >= 11 is 0. The molecule has 1 N–H and O–H groups in total. The van der Waals surface area contributed by atoms with E-state index in [1.165, 1.54) is 7.11 Å². The Labute approximate surface area is 187 Å². The van der Waals surface area contributed by atoms with Crippen LogP contribution in [0.2, 0.25) is 0 Å². The lowest BCUT2D eigenvalue weighted by molar-refractivity contribution is 0.0613. The van der Waals surface area contributed by atoms with E-state index >= 15 is 0 Å². The maximum atomic E-state index is 13.3. The van der Waals surface area contributed by atoms with Gasteiger partial charge in [0.1, 0.15) is 11.5 Å². The predicted molar refractivity (Wildman–Crippen MR) is 120 cm³/mol. The van der Waals surface area contributed by atoms with Crippen molar-refractivity contribution in [1.82, 2.24) is 19.4 Å². The van der Waals surface area contributed by atoms with Gasteiger partial charge < -0.3 is 24.4 Å². The van der Waals surface area contributed by atoms with Crippen LogP contribution < -0.4 is 15.6 Å². The molecule has 1 aliphatic heterocycles. The number of nitrogens with one attached hydrogen (secondary N) is 1. The molecule has 0 bridgehead atoms. The molecule has 1 aliphatic rings. The average Bonchev–Trinajstić information content (AvgIpc) is 3.19. The van der Waals surface area contributed by atoms with Gasteiger partial charge in [-0.1, -0.05) is 6.92 Å². The number of carbonyl (C=O) groups excluding carboxylic acids is 1. The first-order chi connectivity index (χ1) is 15.3. The Morgan fingerprint density at radius 2 is 1.97 bits per heavy atom. The van der Waals surface area contributed by atoms with E-state index in [4.69, 9.17) is 19.2 Å². The van der Waals surface area contributed by atoms with Crippen LogP contribution in [-0.2, 0) is 22.9 Å². The number of ether oxygens (including phenoxy) is 3. The third kappa shape index (κ3) is 4.55. The number of pyridine rings is 1. The molecule has 2 aromatic heterocycles. The first-order valence-corrected chi connectivity index (χ1v) is 10.7. The zero-order valence-corrected chi connectivity index (χ0v) is 19.5. The molecule has 3 rings (SSSR count). The van der Waals surface area contributed by atoms with Crippen molar-refractivity contribution in [2.24, 2.45) is 7.05 Å². The first kappa shape index (κ1) is 23.5. The van der Waals surface area contributed by atoms with Gasteiger partial charge in [0.25, 0.3) is 5.56 Å². The van der Waals surface area contributed by atoms with Crippen LogP contribution in [0.25, 0.3) is 11.3 Å². The highest BCUT2D eigenvalue weighted by Gasteiger charge is 2.37. The summed E-state index contributed by atoms with van der Waals surface area (Å²) in [5.74, 6) is 1.09. The third-order valence-electron chi connectivity index (χ3n) is 5.62. The Bertz CT molecular complexity index is 1040. The molecular weight excluding hydrogens is 414 g/mol. The second kappa shape index (κ2) is 9.99. The van der Waals surface area contributed by atoms with Crippen molar-refractivity contribution in [3.05, 3.63) is 33.9 Å². The summed E-state index contributed by atoms with van der Waals surface area (Å²) < 4.78 is 17.4. The smallest absolute Gasteiger partial charge is 0.409 e. The Kier molecular flexibility index (Phi) is 7.34. The van der Waals surface area contributed by atoms with Gasteiger partial charge in [-0.2, -0.15) is 0 Å². The summed E-state index contributed by atoms with van der Waals surface area (Å²) in [4.78, 5) is 35.9. The van der Waals surface area contributed by atoms with E-state index in [-0.39, 0.29) is 17.7 Å². The van der Waals surface area contributed by atoms with Crippen LogP contribution in [0.1, 0.15) is 25.2 Å². The van der Waals surface area contributed by atoms with Crippen LogP contribution >= 0.6 is 0 Å². The summed E-state index contributed by atoms with van der Waals surface area (Å²) in [7, 11) is 4.62. The van der Waals surface area contributed by atoms with Crippen LogP contribution in [0.5, 0.6) is 5.88 Å². The third-order valence-corrected chi connectivity index (χ3v) is 5.62. The number of hydrogen-bond acceptors (Lipinski definition) is 8. The van der Waals surface area contributed by atoms with Gasteiger partial charge in [0.05, 0.1) is 44.3 Å². The zero-order valence-electron chi connectivity index (χ0n) is 19.5. The van der Waals surface area contributed by atoms with Gasteiger partial charge in [0.15, 0.2) is 0 Å². The van der Waals surface area contributed by atoms with Crippen molar-refractivity contribution in [3.8, 4) is 17.1 Å². The van der Waals surface area contributed by atoms with Crippen molar-refractivity contribution in [3.63, 3.8) is 0 Å². The van der Waals surface area contributed by atoms with Crippen molar-refractivity contribution >= 4 is 11.9 Å². The number of anilines is 1. The SMILES string of the molecule is CCO[C@H]1CN(C(=O)OC)CC1Nc1c(CC)nc(-c2ccc(OC)nc2C)c(=O)n1C. The molecule has 3 heterocycles. The molecule has 1 amide bonds. The normalized spacial score (nSPS) is 18.0. The lowest BCUT2D eigenvalue weighted by Gasteiger charge is -2.24. The van der Waals surface area contributed by atoms with Crippen molar-refractivity contribution in [2.45, 2.75) is 39.3 Å². The second-order valence-electron chi connectivity index (χ2n) is 7.58. The molecule has 0 aliphatic carbocycles. The Balaban J connectivity index is 1.98. The standard InChI is InChI=1S/C22H31N5O5/c1-7-15-20(25-16-11-27(22(29)31-6)12-17(16)32-8-2)26(4)21(28)19(24-15)14-9-10-18(30-5)23-13(14)3/h9-10,16-17,25H,7-8,11-12H2,1-6H3/t16?,17-/m0/s1. The number of methoxy groups -OCH3 is 2. The van der Waals surface area contributed by atoms with Crippen molar-refractivity contribution in [1.29, 1.82) is 0 Å². The summed E-state index contributed by atoms with van der Waals surface area (Å²) in [5, 5.41) is 3.42. The molecular formula is C22H31N5O5. The van der Waals surface area contributed by atoms with Crippen molar-refractivity contribution in [2.75, 3.05) is 39.2 Å². The molecule has 10 nitrogen and oxygen atoms in total. The Hall–Kier alpha value is -3.14. The number of amides is 1. The summed E-state index contributed by atoms with van der Waals surface area (Å²) in [5.41, 5.74) is 2.17. The molecule has 2 aromatic rings. The Morgan fingerprint density at radius 3 is 2.56 bits per heavy atom. The van der Waals surface area contributed by atoms with Gasteiger partial charge in [-0.15, -0.1) is 0 Å². The highest BCUT2D eigenvalue weighted by atomic mass is 16.5. The van der Waals surface area contributed by atoms with Gasteiger partial charge in [-0.25, -0.2) is 14.8 Å². The maximum Gasteiger partial charge on any atom is 0.409 e. The average molecular weight is 446 g/mol. The van der Waals surface area contributed by atoms with E-state index in [9.17, 15) is 9.59 Å². The second-order valence-corrected chi connectivity index (χ2v) is 7.58. The topological polar surface area (TPSA) is 108 Å². The summed E-state index contributed by atoms with van der Waals surface area (Å²) in [6.45, 7) is 7.04. The van der Waals surface area contributed by atoms with E-state index in [1.807, 2.05) is 20.8 Å². The lowest BCUT2D eigenvalue weighted by Crippen LogP contribution is -2.37. The van der Waals surface area contributed by atoms with Crippen LogP contribution in [0.4, 0.5) is 10.6 Å². The van der Waals surface area contributed by atoms with E-state index in [2.05, 4.69) is 10.3 Å². The van der Waals surface area contributed by atoms with Crippen LogP contribution in [0.3, 0.4) is 0 Å². The molecule has 2 atom stereocenters. The molecule has 0 saturated carbocycles. The van der Waals surface area contributed by atoms with E-state index in [0.717, 1.165) is 5.69 Å². The van der Waals surface area contributed by atoms with E-state index < -0.39 is 6.09 Å². The fourth-order valence-electron chi connectivity index (χ4n) is 3.94. The van der Waals surface area contributed by atoms with Gasteiger partial charge in [-0.05, 0) is 26.3 Å². The van der Waals surface area contributed by atoms with Gasteiger partial charge in [0, 0.05) is 31.8 Å². The minimum Gasteiger partial charge on any atom is -0.481 e. The zero-order chi connectivity index (χ0) is 23.4. The molecule has 1 fully saturated rings. The molecule has 1 saturated heterocycles. The van der Waals surface area contributed by atoms with E-state index in [1.54, 1.807) is 35.8 Å². The maximum absolute atomic E-state index is 13.3. The Morgan fingerprint density at radius 1 is 1.22 bits per heavy atom. The molecule has 0 radical (unpaired) electrons. The first-order valence-electron chi connectivity index (χ1n) is 10.7. The van der Waals surface area contributed by atoms with E-state index in [0.29, 0.717) is 54.8 Å². The summed E-state index contributed by atoms with van der Waals surface area (Å²) in [6.07, 6.45) is -0.0232. The number of aryl methyl sites for hydroxylation is 2. The summed E-state index contributed by atoms with van der Waals surface area (Å²) in [6, 6.07) is 3.31. The monoisotopic (exact) mass is 445 g/mol. The number of aromatic nitrogens is 3. The van der Waals surface area contributed by atoms with Gasteiger partial charge in [0.2, 0.25) is 5.88 Å². The number of carbonyl (C=O) groups is 1. The largest absolute Gasteiger partial charge is 0.481 e. The fraction of sp³-hybridized carbons (Fsp3) is 0.545. The van der Waals surface area contributed by atoms with Crippen LogP contribution in [0, 0.1) is 6.92 Å². The number of rotatable bonds is 7. The molecule has 1 unspecified atom stereocenters. The predicted octanol–water partition coefficient (Wildman–Crippen LogP) is 1.99. The molecule has 174 valence electrons. The van der Waals surface area contributed by atoms with Crippen LogP contribution in [0.15, 0.2) is 16.9 Å². The fourth-order valence-corrected chi connectivity index (χ4v) is 3.94. The lowest BCUT2D eigenvalue weighted by atomic mass is 10.1. The molecule has 0 spiro atoms. The minimum atomic E-state index is -0.403.